The Bertz CT molecular complexity index is 454. The predicted molar refractivity (Wildman–Crippen MR) is 83.0 cm³/mol. The summed E-state index contributed by atoms with van der Waals surface area (Å²) in [6.07, 6.45) is -2.59. The van der Waals surface area contributed by atoms with Gasteiger partial charge in [0.15, 0.2) is 0 Å². The Hall–Kier alpha value is -0.500. The first kappa shape index (κ1) is 15.9. The zero-order valence-corrected chi connectivity index (χ0v) is 13.5. The molecule has 1 aliphatic rings. The minimum absolute atomic E-state index is 0.262. The number of hydrogen-bond donors (Lipinski definition) is 1. The third kappa shape index (κ3) is 4.80. The average Bonchev–Trinajstić information content (AvgIpc) is 2.35. The van der Waals surface area contributed by atoms with E-state index in [-0.39, 0.29) is 6.04 Å². The Morgan fingerprint density at radius 2 is 1.95 bits per heavy atom. The second kappa shape index (κ2) is 6.51. The van der Waals surface area contributed by atoms with E-state index in [4.69, 9.17) is 0 Å². The number of rotatable bonds is 3. The van der Waals surface area contributed by atoms with Crippen molar-refractivity contribution in [1.29, 1.82) is 0 Å². The fraction of sp³-hybridized carbons (Fsp3) is 0.571. The molecule has 1 N–H and O–H groups in total. The van der Waals surface area contributed by atoms with Gasteiger partial charge in [-0.2, -0.15) is 13.2 Å². The van der Waals surface area contributed by atoms with Crippen LogP contribution < -0.4 is 5.32 Å². The molecule has 2 nitrogen and oxygen atoms in total. The largest absolute Gasteiger partial charge is 0.401 e. The van der Waals surface area contributed by atoms with E-state index < -0.39 is 12.7 Å². The van der Waals surface area contributed by atoms with E-state index in [1.807, 2.05) is 6.07 Å². The minimum Gasteiger partial charge on any atom is -0.382 e. The van der Waals surface area contributed by atoms with E-state index in [1.54, 1.807) is 0 Å². The van der Waals surface area contributed by atoms with Gasteiger partial charge in [-0.05, 0) is 60.1 Å². The maximum atomic E-state index is 12.3. The second-order valence-corrected chi connectivity index (χ2v) is 6.44. The van der Waals surface area contributed by atoms with E-state index in [9.17, 15) is 13.2 Å². The van der Waals surface area contributed by atoms with Crippen LogP contribution in [0.4, 0.5) is 18.9 Å². The standard InChI is InChI=1S/C14H18F3IN2/c1-10-2-3-12(8-13(10)18)19-11-4-6-20(7-5-11)9-14(15,16)17/h2-3,8,11,19H,4-7,9H2,1H3. The number of nitrogens with one attached hydrogen (secondary N) is 1. The van der Waals surface area contributed by atoms with Gasteiger partial charge in [0, 0.05) is 28.4 Å². The number of aryl methyl sites for hydroxylation is 1. The van der Waals surface area contributed by atoms with Crippen molar-refractivity contribution in [2.45, 2.75) is 32.0 Å². The molecule has 0 atom stereocenters. The molecule has 0 aliphatic carbocycles. The van der Waals surface area contributed by atoms with Gasteiger partial charge >= 0.3 is 6.18 Å². The fourth-order valence-corrected chi connectivity index (χ4v) is 2.92. The predicted octanol–water partition coefficient (Wildman–Crippen LogP) is 4.04. The summed E-state index contributed by atoms with van der Waals surface area (Å²) in [6.45, 7) is 2.27. The smallest absolute Gasteiger partial charge is 0.382 e. The first-order valence-electron chi connectivity index (χ1n) is 6.65. The molecule has 20 heavy (non-hydrogen) atoms. The molecule has 2 rings (SSSR count). The number of anilines is 1. The molecule has 1 heterocycles. The molecule has 112 valence electrons. The van der Waals surface area contributed by atoms with Crippen molar-refractivity contribution < 1.29 is 13.2 Å². The van der Waals surface area contributed by atoms with Gasteiger partial charge in [0.25, 0.3) is 0 Å². The third-order valence-corrected chi connectivity index (χ3v) is 4.70. The van der Waals surface area contributed by atoms with Crippen LogP contribution in [0.3, 0.4) is 0 Å². The molecular weight excluding hydrogens is 380 g/mol. The van der Waals surface area contributed by atoms with Crippen LogP contribution in [0.15, 0.2) is 18.2 Å². The molecule has 0 spiro atoms. The van der Waals surface area contributed by atoms with Crippen molar-refractivity contribution in [1.82, 2.24) is 4.90 Å². The number of alkyl halides is 3. The molecule has 1 aliphatic heterocycles. The first-order valence-corrected chi connectivity index (χ1v) is 7.73. The number of likely N-dealkylation sites (tertiary alicyclic amines) is 1. The fourth-order valence-electron chi connectivity index (χ4n) is 2.41. The number of piperidine rings is 1. The Balaban J connectivity index is 1.83. The lowest BCUT2D eigenvalue weighted by molar-refractivity contribution is -0.147. The topological polar surface area (TPSA) is 15.3 Å². The summed E-state index contributed by atoms with van der Waals surface area (Å²) in [7, 11) is 0. The summed E-state index contributed by atoms with van der Waals surface area (Å²) in [4.78, 5) is 1.48. The summed E-state index contributed by atoms with van der Waals surface area (Å²) in [5, 5.41) is 3.42. The first-order chi connectivity index (χ1) is 9.33. The Kier molecular flexibility index (Phi) is 5.17. The van der Waals surface area contributed by atoms with E-state index in [0.29, 0.717) is 13.1 Å². The molecule has 0 aromatic heterocycles. The summed E-state index contributed by atoms with van der Waals surface area (Å²) in [5.41, 5.74) is 2.28. The molecule has 1 fully saturated rings. The van der Waals surface area contributed by atoms with Crippen LogP contribution in [0.2, 0.25) is 0 Å². The van der Waals surface area contributed by atoms with Gasteiger partial charge in [0.1, 0.15) is 0 Å². The van der Waals surface area contributed by atoms with Crippen LogP contribution in [0.5, 0.6) is 0 Å². The van der Waals surface area contributed by atoms with Gasteiger partial charge in [0.05, 0.1) is 6.54 Å². The maximum Gasteiger partial charge on any atom is 0.401 e. The highest BCUT2D eigenvalue weighted by atomic mass is 127. The Morgan fingerprint density at radius 1 is 1.30 bits per heavy atom. The number of hydrogen-bond acceptors (Lipinski definition) is 2. The summed E-state index contributed by atoms with van der Waals surface area (Å²) in [6, 6.07) is 6.43. The molecule has 0 bridgehead atoms. The number of nitrogens with zero attached hydrogens (tertiary/aromatic N) is 1. The van der Waals surface area contributed by atoms with Gasteiger partial charge in [-0.3, -0.25) is 4.90 Å². The second-order valence-electron chi connectivity index (χ2n) is 5.27. The van der Waals surface area contributed by atoms with Gasteiger partial charge in [-0.1, -0.05) is 6.07 Å². The highest BCUT2D eigenvalue weighted by molar-refractivity contribution is 14.1. The molecule has 1 aromatic rings. The lowest BCUT2D eigenvalue weighted by Gasteiger charge is -2.33. The van der Waals surface area contributed by atoms with Crippen molar-refractivity contribution in [2.24, 2.45) is 0 Å². The van der Waals surface area contributed by atoms with Gasteiger partial charge < -0.3 is 5.32 Å². The molecular formula is C14H18F3IN2. The van der Waals surface area contributed by atoms with Crippen LogP contribution in [-0.2, 0) is 0 Å². The highest BCUT2D eigenvalue weighted by Gasteiger charge is 2.32. The average molecular weight is 398 g/mol. The van der Waals surface area contributed by atoms with Crippen LogP contribution in [0.25, 0.3) is 0 Å². The number of halogens is 4. The van der Waals surface area contributed by atoms with E-state index >= 15 is 0 Å². The molecule has 0 unspecified atom stereocenters. The Labute approximate surface area is 130 Å². The van der Waals surface area contributed by atoms with Crippen LogP contribution in [0.1, 0.15) is 18.4 Å². The van der Waals surface area contributed by atoms with Crippen molar-refractivity contribution in [3.63, 3.8) is 0 Å². The summed E-state index contributed by atoms with van der Waals surface area (Å²) in [5.74, 6) is 0. The van der Waals surface area contributed by atoms with Gasteiger partial charge in [-0.25, -0.2) is 0 Å². The zero-order valence-electron chi connectivity index (χ0n) is 11.3. The van der Waals surface area contributed by atoms with Crippen molar-refractivity contribution in [2.75, 3.05) is 25.0 Å². The number of benzene rings is 1. The molecule has 1 aromatic carbocycles. The minimum atomic E-state index is -4.09. The van der Waals surface area contributed by atoms with Gasteiger partial charge in [-0.15, -0.1) is 0 Å². The van der Waals surface area contributed by atoms with Crippen molar-refractivity contribution in [3.8, 4) is 0 Å². The summed E-state index contributed by atoms with van der Waals surface area (Å²) < 4.78 is 38.1. The molecule has 0 radical (unpaired) electrons. The lowest BCUT2D eigenvalue weighted by Crippen LogP contribution is -2.43. The highest BCUT2D eigenvalue weighted by Crippen LogP contribution is 2.23. The molecule has 1 saturated heterocycles. The van der Waals surface area contributed by atoms with Crippen molar-refractivity contribution in [3.05, 3.63) is 27.3 Å². The van der Waals surface area contributed by atoms with Crippen LogP contribution in [0, 0.1) is 10.5 Å². The summed E-state index contributed by atoms with van der Waals surface area (Å²) >= 11 is 2.29. The van der Waals surface area contributed by atoms with Crippen LogP contribution >= 0.6 is 22.6 Å². The normalized spacial score (nSPS) is 18.2. The third-order valence-electron chi connectivity index (χ3n) is 3.53. The monoisotopic (exact) mass is 398 g/mol. The SMILES string of the molecule is Cc1ccc(NC2CCN(CC(F)(F)F)CC2)cc1I. The lowest BCUT2D eigenvalue weighted by atomic mass is 10.0. The quantitative estimate of drug-likeness (QED) is 0.774. The molecule has 0 amide bonds. The Morgan fingerprint density at radius 3 is 2.50 bits per heavy atom. The van der Waals surface area contributed by atoms with Crippen LogP contribution in [-0.4, -0.2) is 36.8 Å². The van der Waals surface area contributed by atoms with E-state index in [2.05, 4.69) is 47.0 Å². The maximum absolute atomic E-state index is 12.3. The van der Waals surface area contributed by atoms with Crippen molar-refractivity contribution >= 4 is 28.3 Å². The molecule has 6 heteroatoms. The zero-order chi connectivity index (χ0) is 14.8. The molecule has 0 saturated carbocycles. The van der Waals surface area contributed by atoms with E-state index in [0.717, 1.165) is 18.5 Å². The van der Waals surface area contributed by atoms with Gasteiger partial charge in [0.2, 0.25) is 0 Å². The van der Waals surface area contributed by atoms with E-state index in [1.165, 1.54) is 14.0 Å².